The molecule has 8 heteroatoms. The minimum Gasteiger partial charge on any atom is -0.506 e. The summed E-state index contributed by atoms with van der Waals surface area (Å²) >= 11 is 8.20. The van der Waals surface area contributed by atoms with Crippen molar-refractivity contribution in [1.82, 2.24) is 4.90 Å². The number of methoxy groups -OCH3 is 1. The highest BCUT2D eigenvalue weighted by Gasteiger charge is 2.27. The Morgan fingerprint density at radius 3 is 2.92 bits per heavy atom. The number of esters is 1. The van der Waals surface area contributed by atoms with Crippen LogP contribution < -0.4 is 0 Å². The molecule has 0 saturated heterocycles. The lowest BCUT2D eigenvalue weighted by Gasteiger charge is -2.22. The minimum atomic E-state index is -0.367. The SMILES string of the molecule is COC(=O)c1c(/N=C/c2cc(Br)cc(Br)c2O)sc2c1CCN(C)C2. The second-order valence-electron chi connectivity index (χ2n) is 5.75. The van der Waals surface area contributed by atoms with E-state index in [1.807, 2.05) is 0 Å². The Morgan fingerprint density at radius 1 is 1.44 bits per heavy atom. The van der Waals surface area contributed by atoms with E-state index in [1.165, 1.54) is 18.4 Å². The molecule has 132 valence electrons. The number of halogens is 2. The summed E-state index contributed by atoms with van der Waals surface area (Å²) in [6.45, 7) is 1.70. The predicted octanol–water partition coefficient (Wildman–Crippen LogP) is 4.50. The summed E-state index contributed by atoms with van der Waals surface area (Å²) in [5.74, 6) is -0.263. The summed E-state index contributed by atoms with van der Waals surface area (Å²) < 4.78 is 6.35. The van der Waals surface area contributed by atoms with Gasteiger partial charge in [-0.2, -0.15) is 0 Å². The Balaban J connectivity index is 2.04. The first-order chi connectivity index (χ1) is 11.9. The molecule has 0 amide bonds. The number of hydrogen-bond donors (Lipinski definition) is 1. The second kappa shape index (κ2) is 7.57. The van der Waals surface area contributed by atoms with Crippen molar-refractivity contribution in [2.24, 2.45) is 4.99 Å². The fraction of sp³-hybridized carbons (Fsp3) is 0.294. The van der Waals surface area contributed by atoms with Crippen LogP contribution in [0.25, 0.3) is 0 Å². The molecule has 2 aromatic rings. The maximum Gasteiger partial charge on any atom is 0.341 e. The van der Waals surface area contributed by atoms with Crippen LogP contribution in [0.15, 0.2) is 26.1 Å². The molecular weight excluding hydrogens is 472 g/mol. The lowest BCUT2D eigenvalue weighted by atomic mass is 10.0. The van der Waals surface area contributed by atoms with Crippen molar-refractivity contribution >= 4 is 60.4 Å². The Hall–Kier alpha value is -1.22. The van der Waals surface area contributed by atoms with Crippen LogP contribution in [0.1, 0.15) is 26.4 Å². The van der Waals surface area contributed by atoms with Gasteiger partial charge in [-0.25, -0.2) is 9.79 Å². The zero-order valence-corrected chi connectivity index (χ0v) is 17.7. The van der Waals surface area contributed by atoms with Gasteiger partial charge in [0, 0.05) is 34.2 Å². The predicted molar refractivity (Wildman–Crippen MR) is 106 cm³/mol. The number of phenols is 1. The highest BCUT2D eigenvalue weighted by molar-refractivity contribution is 9.11. The fourth-order valence-electron chi connectivity index (χ4n) is 2.73. The van der Waals surface area contributed by atoms with Crippen molar-refractivity contribution in [3.63, 3.8) is 0 Å². The zero-order chi connectivity index (χ0) is 18.1. The Kier molecular flexibility index (Phi) is 5.62. The summed E-state index contributed by atoms with van der Waals surface area (Å²) in [7, 11) is 3.44. The number of fused-ring (bicyclic) bond motifs is 1. The van der Waals surface area contributed by atoms with E-state index in [4.69, 9.17) is 4.74 Å². The summed E-state index contributed by atoms with van der Waals surface area (Å²) in [6, 6.07) is 3.52. The molecule has 25 heavy (non-hydrogen) atoms. The van der Waals surface area contributed by atoms with E-state index in [1.54, 1.807) is 18.3 Å². The number of carbonyl (C=O) groups is 1. The Bertz CT molecular complexity index is 864. The fourth-order valence-corrected chi connectivity index (χ4v) is 5.25. The number of rotatable bonds is 3. The Labute approximate surface area is 166 Å². The van der Waals surface area contributed by atoms with E-state index in [0.29, 0.717) is 20.6 Å². The third kappa shape index (κ3) is 3.81. The van der Waals surface area contributed by atoms with Gasteiger partial charge in [0.2, 0.25) is 0 Å². The van der Waals surface area contributed by atoms with E-state index >= 15 is 0 Å². The molecule has 1 aliphatic heterocycles. The van der Waals surface area contributed by atoms with Gasteiger partial charge in [0.1, 0.15) is 10.8 Å². The molecule has 5 nitrogen and oxygen atoms in total. The quantitative estimate of drug-likeness (QED) is 0.511. The number of thiophene rings is 1. The van der Waals surface area contributed by atoms with Crippen LogP contribution in [0.2, 0.25) is 0 Å². The molecule has 1 aromatic carbocycles. The monoisotopic (exact) mass is 486 g/mol. The number of aromatic hydroxyl groups is 1. The van der Waals surface area contributed by atoms with Gasteiger partial charge in [0.25, 0.3) is 0 Å². The third-order valence-electron chi connectivity index (χ3n) is 4.00. The van der Waals surface area contributed by atoms with E-state index in [2.05, 4.69) is 48.8 Å². The van der Waals surface area contributed by atoms with Gasteiger partial charge in [-0.1, -0.05) is 15.9 Å². The van der Waals surface area contributed by atoms with Gasteiger partial charge in [-0.15, -0.1) is 11.3 Å². The molecule has 0 spiro atoms. The number of carbonyl (C=O) groups excluding carboxylic acids is 1. The molecule has 0 aliphatic carbocycles. The number of hydrogen-bond acceptors (Lipinski definition) is 6. The largest absolute Gasteiger partial charge is 0.506 e. The molecule has 0 fully saturated rings. The first kappa shape index (κ1) is 18.6. The normalized spacial score (nSPS) is 14.7. The number of ether oxygens (including phenoxy) is 1. The van der Waals surface area contributed by atoms with Crippen molar-refractivity contribution in [3.8, 4) is 5.75 Å². The van der Waals surface area contributed by atoms with Crippen molar-refractivity contribution in [3.05, 3.63) is 42.6 Å². The van der Waals surface area contributed by atoms with E-state index < -0.39 is 0 Å². The first-order valence-electron chi connectivity index (χ1n) is 7.54. The van der Waals surface area contributed by atoms with Crippen LogP contribution in [0.3, 0.4) is 0 Å². The average Bonchev–Trinajstić information content (AvgIpc) is 2.93. The van der Waals surface area contributed by atoms with E-state index in [0.717, 1.165) is 34.4 Å². The molecule has 0 atom stereocenters. The molecule has 0 unspecified atom stereocenters. The van der Waals surface area contributed by atoms with Crippen LogP contribution in [-0.2, 0) is 17.7 Å². The van der Waals surface area contributed by atoms with Crippen molar-refractivity contribution in [2.75, 3.05) is 20.7 Å². The van der Waals surface area contributed by atoms with Crippen molar-refractivity contribution < 1.29 is 14.6 Å². The van der Waals surface area contributed by atoms with Crippen LogP contribution >= 0.6 is 43.2 Å². The van der Waals surface area contributed by atoms with Crippen LogP contribution in [-0.4, -0.2) is 42.9 Å². The second-order valence-corrected chi connectivity index (χ2v) is 8.60. The van der Waals surface area contributed by atoms with E-state index in [-0.39, 0.29) is 11.7 Å². The number of nitrogens with zero attached hydrogens (tertiary/aromatic N) is 2. The van der Waals surface area contributed by atoms with Gasteiger partial charge in [0.15, 0.2) is 0 Å². The molecule has 0 radical (unpaired) electrons. The molecule has 1 aliphatic rings. The Morgan fingerprint density at radius 2 is 2.20 bits per heavy atom. The van der Waals surface area contributed by atoms with Gasteiger partial charge in [-0.3, -0.25) is 0 Å². The highest BCUT2D eigenvalue weighted by atomic mass is 79.9. The summed E-state index contributed by atoms with van der Waals surface area (Å²) in [6.07, 6.45) is 2.37. The number of benzene rings is 1. The summed E-state index contributed by atoms with van der Waals surface area (Å²) in [4.78, 5) is 20.1. The lowest BCUT2D eigenvalue weighted by Crippen LogP contribution is -2.26. The van der Waals surface area contributed by atoms with Crippen LogP contribution in [0.5, 0.6) is 5.75 Å². The average molecular weight is 488 g/mol. The molecule has 3 rings (SSSR count). The maximum absolute atomic E-state index is 12.3. The third-order valence-corrected chi connectivity index (χ3v) is 6.18. The first-order valence-corrected chi connectivity index (χ1v) is 9.94. The molecule has 1 aromatic heterocycles. The van der Waals surface area contributed by atoms with Crippen molar-refractivity contribution in [1.29, 1.82) is 0 Å². The number of phenolic OH excluding ortho intramolecular Hbond substituents is 1. The van der Waals surface area contributed by atoms with E-state index in [9.17, 15) is 9.90 Å². The molecule has 2 heterocycles. The topological polar surface area (TPSA) is 62.1 Å². The van der Waals surface area contributed by atoms with Crippen LogP contribution in [0, 0.1) is 0 Å². The molecular formula is C17H16Br2N2O3S. The minimum absolute atomic E-state index is 0.104. The van der Waals surface area contributed by atoms with Crippen molar-refractivity contribution in [2.45, 2.75) is 13.0 Å². The molecule has 0 bridgehead atoms. The lowest BCUT2D eigenvalue weighted by molar-refractivity contribution is 0.0600. The number of aliphatic imine (C=N–C) groups is 1. The highest BCUT2D eigenvalue weighted by Crippen LogP contribution is 2.39. The van der Waals surface area contributed by atoms with Gasteiger partial charge in [0.05, 0.1) is 17.1 Å². The maximum atomic E-state index is 12.3. The standard InChI is InChI=1S/C17H16Br2N2O3S/c1-21-4-3-11-13(8-21)25-16(14(11)17(23)24-2)20-7-9-5-10(18)6-12(19)15(9)22/h5-7,22H,3-4,8H2,1-2H3/b20-7+. The van der Waals surface area contributed by atoms with Gasteiger partial charge in [-0.05, 0) is 47.1 Å². The van der Waals surface area contributed by atoms with Gasteiger partial charge < -0.3 is 14.7 Å². The summed E-state index contributed by atoms with van der Waals surface area (Å²) in [5, 5.41) is 10.8. The van der Waals surface area contributed by atoms with Crippen LogP contribution in [0.4, 0.5) is 5.00 Å². The van der Waals surface area contributed by atoms with Gasteiger partial charge >= 0.3 is 5.97 Å². The summed E-state index contributed by atoms with van der Waals surface area (Å²) in [5.41, 5.74) is 2.13. The zero-order valence-electron chi connectivity index (χ0n) is 13.7. The smallest absolute Gasteiger partial charge is 0.341 e. The molecule has 0 saturated carbocycles. The number of likely N-dealkylation sites (N-methyl/N-ethyl adjacent to an activating group) is 1. The molecule has 1 N–H and O–H groups in total.